The number of hydrogen-bond donors (Lipinski definition) is 2. The number of nitrogen functional groups attached to an aromatic ring is 1. The summed E-state index contributed by atoms with van der Waals surface area (Å²) in [7, 11) is 0. The fourth-order valence-electron chi connectivity index (χ4n) is 2.00. The average Bonchev–Trinajstić information content (AvgIpc) is 2.32. The Morgan fingerprint density at radius 1 is 1.50 bits per heavy atom. The molecule has 1 aliphatic rings. The molecule has 5 nitrogen and oxygen atoms in total. The van der Waals surface area contributed by atoms with Crippen LogP contribution in [-0.2, 0) is 4.74 Å². The molecule has 1 aromatic rings. The van der Waals surface area contributed by atoms with Crippen molar-refractivity contribution in [1.29, 1.82) is 0 Å². The molecule has 2 atom stereocenters. The summed E-state index contributed by atoms with van der Waals surface area (Å²) in [6, 6.07) is 7.14. The first-order chi connectivity index (χ1) is 8.56. The van der Waals surface area contributed by atoms with Gasteiger partial charge in [-0.15, -0.1) is 0 Å². The van der Waals surface area contributed by atoms with Crippen molar-refractivity contribution in [2.45, 2.75) is 26.0 Å². The Morgan fingerprint density at radius 2 is 2.28 bits per heavy atom. The van der Waals surface area contributed by atoms with Crippen LogP contribution in [0.15, 0.2) is 24.3 Å². The smallest absolute Gasteiger partial charge is 0.322 e. The van der Waals surface area contributed by atoms with E-state index in [4.69, 9.17) is 10.5 Å². The van der Waals surface area contributed by atoms with Gasteiger partial charge in [0.2, 0.25) is 0 Å². The molecule has 2 rings (SSSR count). The van der Waals surface area contributed by atoms with Crippen LogP contribution in [0.25, 0.3) is 0 Å². The van der Waals surface area contributed by atoms with Gasteiger partial charge in [-0.2, -0.15) is 0 Å². The van der Waals surface area contributed by atoms with Gasteiger partial charge in [0.05, 0.1) is 18.8 Å². The van der Waals surface area contributed by atoms with E-state index < -0.39 is 0 Å². The third-order valence-electron chi connectivity index (χ3n) is 3.01. The topological polar surface area (TPSA) is 67.6 Å². The molecule has 2 unspecified atom stereocenters. The summed E-state index contributed by atoms with van der Waals surface area (Å²) < 4.78 is 5.50. The number of benzene rings is 1. The number of nitrogens with one attached hydrogen (secondary N) is 1. The molecule has 1 heterocycles. The van der Waals surface area contributed by atoms with Gasteiger partial charge in [-0.1, -0.05) is 6.07 Å². The number of hydrogen-bond acceptors (Lipinski definition) is 3. The number of rotatable bonds is 1. The fraction of sp³-hybridized carbons (Fsp3) is 0.462. The van der Waals surface area contributed by atoms with Gasteiger partial charge in [0.25, 0.3) is 0 Å². The molecule has 98 valence electrons. The van der Waals surface area contributed by atoms with E-state index in [1.807, 2.05) is 26.0 Å². The number of urea groups is 1. The second-order valence-corrected chi connectivity index (χ2v) is 4.70. The number of carbonyl (C=O) groups is 1. The van der Waals surface area contributed by atoms with Gasteiger partial charge in [0.15, 0.2) is 0 Å². The summed E-state index contributed by atoms with van der Waals surface area (Å²) in [5, 5.41) is 2.85. The van der Waals surface area contributed by atoms with E-state index in [-0.39, 0.29) is 18.2 Å². The van der Waals surface area contributed by atoms with Crippen molar-refractivity contribution >= 4 is 17.4 Å². The number of morpholine rings is 1. The van der Waals surface area contributed by atoms with Crippen LogP contribution < -0.4 is 11.1 Å². The van der Waals surface area contributed by atoms with Crippen molar-refractivity contribution in [2.75, 3.05) is 24.2 Å². The number of nitrogens with zero attached hydrogens (tertiary/aromatic N) is 1. The van der Waals surface area contributed by atoms with Gasteiger partial charge in [-0.25, -0.2) is 4.79 Å². The molecule has 1 fully saturated rings. The van der Waals surface area contributed by atoms with E-state index in [1.165, 1.54) is 0 Å². The number of anilines is 2. The SMILES string of the molecule is CC1CN(C(=O)Nc2cccc(N)c2)C(C)CO1. The van der Waals surface area contributed by atoms with Gasteiger partial charge in [-0.3, -0.25) is 0 Å². The standard InChI is InChI=1S/C13H19N3O2/c1-9-8-18-10(2)7-16(9)13(17)15-12-5-3-4-11(14)6-12/h3-6,9-10H,7-8,14H2,1-2H3,(H,15,17). The lowest BCUT2D eigenvalue weighted by Crippen LogP contribution is -2.51. The molecule has 2 amide bonds. The van der Waals surface area contributed by atoms with E-state index in [0.717, 1.165) is 0 Å². The summed E-state index contributed by atoms with van der Waals surface area (Å²) >= 11 is 0. The molecule has 1 saturated heterocycles. The second kappa shape index (κ2) is 5.27. The van der Waals surface area contributed by atoms with Crippen molar-refractivity contribution in [3.05, 3.63) is 24.3 Å². The zero-order chi connectivity index (χ0) is 13.1. The predicted molar refractivity (Wildman–Crippen MR) is 71.5 cm³/mol. The van der Waals surface area contributed by atoms with Crippen LogP contribution in [0.1, 0.15) is 13.8 Å². The molecule has 0 spiro atoms. The Bertz CT molecular complexity index is 436. The maximum Gasteiger partial charge on any atom is 0.322 e. The first-order valence-electron chi connectivity index (χ1n) is 6.11. The Kier molecular flexibility index (Phi) is 3.72. The molecular weight excluding hydrogens is 230 g/mol. The highest BCUT2D eigenvalue weighted by Crippen LogP contribution is 2.16. The number of nitrogens with two attached hydrogens (primary N) is 1. The first kappa shape index (κ1) is 12.7. The van der Waals surface area contributed by atoms with Gasteiger partial charge in [-0.05, 0) is 32.0 Å². The number of ether oxygens (including phenoxy) is 1. The maximum absolute atomic E-state index is 12.2. The molecule has 0 radical (unpaired) electrons. The molecule has 1 aliphatic heterocycles. The van der Waals surface area contributed by atoms with Crippen LogP contribution >= 0.6 is 0 Å². The van der Waals surface area contributed by atoms with Crippen molar-refractivity contribution in [3.8, 4) is 0 Å². The molecule has 0 aliphatic carbocycles. The lowest BCUT2D eigenvalue weighted by Gasteiger charge is -2.36. The molecule has 18 heavy (non-hydrogen) atoms. The van der Waals surface area contributed by atoms with Crippen LogP contribution in [0, 0.1) is 0 Å². The van der Waals surface area contributed by atoms with E-state index in [2.05, 4.69) is 5.32 Å². The summed E-state index contributed by atoms with van der Waals surface area (Å²) in [6.45, 7) is 5.12. The second-order valence-electron chi connectivity index (χ2n) is 4.70. The van der Waals surface area contributed by atoms with E-state index in [1.54, 1.807) is 17.0 Å². The third kappa shape index (κ3) is 2.92. The van der Waals surface area contributed by atoms with Gasteiger partial charge >= 0.3 is 6.03 Å². The zero-order valence-corrected chi connectivity index (χ0v) is 10.7. The van der Waals surface area contributed by atoms with E-state index in [0.29, 0.717) is 24.5 Å². The Hall–Kier alpha value is -1.75. The third-order valence-corrected chi connectivity index (χ3v) is 3.01. The summed E-state index contributed by atoms with van der Waals surface area (Å²) in [4.78, 5) is 13.9. The molecule has 0 aromatic heterocycles. The quantitative estimate of drug-likeness (QED) is 0.747. The van der Waals surface area contributed by atoms with Crippen molar-refractivity contribution in [1.82, 2.24) is 4.90 Å². The van der Waals surface area contributed by atoms with Gasteiger partial charge in [0, 0.05) is 17.9 Å². The normalized spacial score (nSPS) is 23.8. The fourth-order valence-corrected chi connectivity index (χ4v) is 2.00. The lowest BCUT2D eigenvalue weighted by atomic mass is 10.2. The molecule has 0 bridgehead atoms. The largest absolute Gasteiger partial charge is 0.399 e. The molecule has 5 heteroatoms. The monoisotopic (exact) mass is 249 g/mol. The van der Waals surface area contributed by atoms with Gasteiger partial charge < -0.3 is 20.7 Å². The van der Waals surface area contributed by atoms with Crippen LogP contribution in [0.5, 0.6) is 0 Å². The molecular formula is C13H19N3O2. The van der Waals surface area contributed by atoms with Crippen LogP contribution in [-0.4, -0.2) is 36.2 Å². The molecule has 1 aromatic carbocycles. The molecule has 3 N–H and O–H groups in total. The highest BCUT2D eigenvalue weighted by molar-refractivity contribution is 5.90. The minimum absolute atomic E-state index is 0.0767. The van der Waals surface area contributed by atoms with Crippen LogP contribution in [0.2, 0.25) is 0 Å². The van der Waals surface area contributed by atoms with Crippen molar-refractivity contribution in [2.24, 2.45) is 0 Å². The van der Waals surface area contributed by atoms with Crippen LogP contribution in [0.4, 0.5) is 16.2 Å². The minimum Gasteiger partial charge on any atom is -0.399 e. The van der Waals surface area contributed by atoms with Crippen LogP contribution in [0.3, 0.4) is 0 Å². The number of carbonyl (C=O) groups excluding carboxylic acids is 1. The Labute approximate surface area is 107 Å². The lowest BCUT2D eigenvalue weighted by molar-refractivity contribution is -0.0296. The van der Waals surface area contributed by atoms with E-state index >= 15 is 0 Å². The summed E-state index contributed by atoms with van der Waals surface area (Å²) in [6.07, 6.45) is 0.0767. The van der Waals surface area contributed by atoms with Crippen molar-refractivity contribution < 1.29 is 9.53 Å². The van der Waals surface area contributed by atoms with E-state index in [9.17, 15) is 4.79 Å². The average molecular weight is 249 g/mol. The Balaban J connectivity index is 2.02. The number of amides is 2. The zero-order valence-electron chi connectivity index (χ0n) is 10.7. The molecule has 0 saturated carbocycles. The first-order valence-corrected chi connectivity index (χ1v) is 6.11. The Morgan fingerprint density at radius 3 is 3.00 bits per heavy atom. The summed E-state index contributed by atoms with van der Waals surface area (Å²) in [5.41, 5.74) is 7.03. The highest BCUT2D eigenvalue weighted by atomic mass is 16.5. The predicted octanol–water partition coefficient (Wildman–Crippen LogP) is 1.91. The summed E-state index contributed by atoms with van der Waals surface area (Å²) in [5.74, 6) is 0. The van der Waals surface area contributed by atoms with Crippen molar-refractivity contribution in [3.63, 3.8) is 0 Å². The van der Waals surface area contributed by atoms with Gasteiger partial charge in [0.1, 0.15) is 0 Å². The highest BCUT2D eigenvalue weighted by Gasteiger charge is 2.27. The maximum atomic E-state index is 12.2. The minimum atomic E-state index is -0.108.